The molecule has 2 N–H and O–H groups in total. The summed E-state index contributed by atoms with van der Waals surface area (Å²) in [5, 5.41) is 17.8. The number of aliphatic hydroxyl groups excluding tert-OH is 1. The van der Waals surface area contributed by atoms with Crippen molar-refractivity contribution in [1.29, 1.82) is 0 Å². The van der Waals surface area contributed by atoms with E-state index in [0.717, 1.165) is 0 Å². The van der Waals surface area contributed by atoms with Gasteiger partial charge in [-0.3, -0.25) is 4.79 Å². The molecule has 0 aliphatic carbocycles. The number of hydrogen-bond acceptors (Lipinski definition) is 3. The van der Waals surface area contributed by atoms with Gasteiger partial charge in [-0.2, -0.15) is 0 Å². The van der Waals surface area contributed by atoms with E-state index in [1.54, 1.807) is 0 Å². The zero-order valence-corrected chi connectivity index (χ0v) is 7.00. The van der Waals surface area contributed by atoms with Crippen molar-refractivity contribution in [2.24, 2.45) is 5.41 Å². The average Bonchev–Trinajstić information content (AvgIpc) is 1.87. The maximum absolute atomic E-state index is 10.6. The first-order valence-corrected chi connectivity index (χ1v) is 3.35. The molecule has 66 valence electrons. The van der Waals surface area contributed by atoms with Crippen molar-refractivity contribution in [2.45, 2.75) is 20.0 Å². The number of methoxy groups -OCH3 is 1. The van der Waals surface area contributed by atoms with E-state index in [-0.39, 0.29) is 6.61 Å². The molecule has 0 radical (unpaired) electrons. The molecule has 11 heavy (non-hydrogen) atoms. The Hall–Kier alpha value is -0.610. The third kappa shape index (κ3) is 2.17. The van der Waals surface area contributed by atoms with Crippen LogP contribution in [0.15, 0.2) is 0 Å². The lowest BCUT2D eigenvalue weighted by molar-refractivity contribution is -0.158. The second-order valence-electron chi connectivity index (χ2n) is 2.83. The highest BCUT2D eigenvalue weighted by molar-refractivity contribution is 5.75. The molecule has 0 bridgehead atoms. The van der Waals surface area contributed by atoms with E-state index in [2.05, 4.69) is 4.74 Å². The summed E-state index contributed by atoms with van der Waals surface area (Å²) in [4.78, 5) is 10.6. The van der Waals surface area contributed by atoms with Crippen LogP contribution in [0.4, 0.5) is 0 Å². The zero-order valence-electron chi connectivity index (χ0n) is 7.00. The van der Waals surface area contributed by atoms with Gasteiger partial charge in [-0.15, -0.1) is 0 Å². The molecule has 0 saturated heterocycles. The standard InChI is InChI=1S/C7H14O4/c1-5(8)7(2,4-11-3)6(9)10/h5,8H,4H2,1-3H3,(H,9,10). The minimum atomic E-state index is -1.20. The Morgan fingerprint density at radius 1 is 1.73 bits per heavy atom. The molecule has 0 spiro atoms. The van der Waals surface area contributed by atoms with E-state index >= 15 is 0 Å². The Morgan fingerprint density at radius 2 is 2.18 bits per heavy atom. The SMILES string of the molecule is COCC(C)(C(=O)O)C(C)O. The van der Waals surface area contributed by atoms with Gasteiger partial charge in [-0.05, 0) is 13.8 Å². The van der Waals surface area contributed by atoms with Gasteiger partial charge in [0.05, 0.1) is 12.7 Å². The van der Waals surface area contributed by atoms with Crippen molar-refractivity contribution >= 4 is 5.97 Å². The number of carboxylic acids is 1. The lowest BCUT2D eigenvalue weighted by atomic mass is 9.86. The third-order valence-corrected chi connectivity index (χ3v) is 1.85. The van der Waals surface area contributed by atoms with Crippen LogP contribution in [0.5, 0.6) is 0 Å². The fourth-order valence-electron chi connectivity index (χ4n) is 0.661. The van der Waals surface area contributed by atoms with Crippen LogP contribution in [0.2, 0.25) is 0 Å². The maximum atomic E-state index is 10.6. The highest BCUT2D eigenvalue weighted by atomic mass is 16.5. The molecule has 0 aromatic rings. The number of rotatable bonds is 4. The zero-order chi connectivity index (χ0) is 9.07. The largest absolute Gasteiger partial charge is 0.481 e. The summed E-state index contributed by atoms with van der Waals surface area (Å²) < 4.78 is 4.69. The van der Waals surface area contributed by atoms with Gasteiger partial charge in [0.15, 0.2) is 0 Å². The number of carbonyl (C=O) groups is 1. The molecule has 2 atom stereocenters. The Balaban J connectivity index is 4.38. The quantitative estimate of drug-likeness (QED) is 0.615. The van der Waals surface area contributed by atoms with E-state index < -0.39 is 17.5 Å². The molecular formula is C7H14O4. The van der Waals surface area contributed by atoms with Crippen LogP contribution in [0, 0.1) is 5.41 Å². The molecule has 2 unspecified atom stereocenters. The molecular weight excluding hydrogens is 148 g/mol. The van der Waals surface area contributed by atoms with E-state index in [0.29, 0.717) is 0 Å². The third-order valence-electron chi connectivity index (χ3n) is 1.85. The highest BCUT2D eigenvalue weighted by Crippen LogP contribution is 2.21. The van der Waals surface area contributed by atoms with Crippen molar-refractivity contribution < 1.29 is 19.7 Å². The van der Waals surface area contributed by atoms with E-state index in [1.807, 2.05) is 0 Å². The summed E-state index contributed by atoms with van der Waals surface area (Å²) in [5.41, 5.74) is -1.20. The normalized spacial score (nSPS) is 18.9. The summed E-state index contributed by atoms with van der Waals surface area (Å²) >= 11 is 0. The molecule has 0 fully saturated rings. The van der Waals surface area contributed by atoms with Crippen molar-refractivity contribution in [3.8, 4) is 0 Å². The van der Waals surface area contributed by atoms with Crippen LogP contribution in [-0.2, 0) is 9.53 Å². The molecule has 0 aromatic carbocycles. The number of aliphatic hydroxyl groups is 1. The number of aliphatic carboxylic acids is 1. The van der Waals surface area contributed by atoms with Gasteiger partial charge in [-0.25, -0.2) is 0 Å². The lowest BCUT2D eigenvalue weighted by Crippen LogP contribution is -2.41. The molecule has 0 saturated carbocycles. The first-order chi connectivity index (χ1) is 4.95. The van der Waals surface area contributed by atoms with E-state index in [4.69, 9.17) is 10.2 Å². The lowest BCUT2D eigenvalue weighted by Gasteiger charge is -2.26. The average molecular weight is 162 g/mol. The van der Waals surface area contributed by atoms with Crippen molar-refractivity contribution in [2.75, 3.05) is 13.7 Å². The van der Waals surface area contributed by atoms with Crippen molar-refractivity contribution in [3.63, 3.8) is 0 Å². The fourth-order valence-corrected chi connectivity index (χ4v) is 0.661. The van der Waals surface area contributed by atoms with Crippen LogP contribution < -0.4 is 0 Å². The predicted octanol–water partition coefficient (Wildman–Crippen LogP) is 0.105. The van der Waals surface area contributed by atoms with Crippen molar-refractivity contribution in [1.82, 2.24) is 0 Å². The Bertz CT molecular complexity index is 143. The van der Waals surface area contributed by atoms with Crippen molar-refractivity contribution in [3.05, 3.63) is 0 Å². The van der Waals surface area contributed by atoms with Crippen LogP contribution in [0.1, 0.15) is 13.8 Å². The van der Waals surface area contributed by atoms with Gasteiger partial charge in [-0.1, -0.05) is 0 Å². The Labute approximate surface area is 65.8 Å². The van der Waals surface area contributed by atoms with Crippen LogP contribution in [-0.4, -0.2) is 36.0 Å². The Kier molecular flexibility index (Phi) is 3.48. The van der Waals surface area contributed by atoms with Gasteiger partial charge in [0, 0.05) is 7.11 Å². The number of hydrogen-bond donors (Lipinski definition) is 2. The van der Waals surface area contributed by atoms with Gasteiger partial charge in [0.1, 0.15) is 5.41 Å². The molecule has 4 nitrogen and oxygen atoms in total. The van der Waals surface area contributed by atoms with E-state index in [1.165, 1.54) is 21.0 Å². The molecule has 0 rings (SSSR count). The second kappa shape index (κ2) is 3.69. The summed E-state index contributed by atoms with van der Waals surface area (Å²) in [6.07, 6.45) is -0.917. The van der Waals surface area contributed by atoms with Crippen LogP contribution >= 0.6 is 0 Å². The van der Waals surface area contributed by atoms with Gasteiger partial charge in [0.25, 0.3) is 0 Å². The highest BCUT2D eigenvalue weighted by Gasteiger charge is 2.38. The first kappa shape index (κ1) is 10.4. The monoisotopic (exact) mass is 162 g/mol. The van der Waals surface area contributed by atoms with Crippen LogP contribution in [0.25, 0.3) is 0 Å². The van der Waals surface area contributed by atoms with Gasteiger partial charge < -0.3 is 14.9 Å². The Morgan fingerprint density at radius 3 is 2.27 bits per heavy atom. The summed E-state index contributed by atoms with van der Waals surface area (Å²) in [5.74, 6) is -1.05. The first-order valence-electron chi connectivity index (χ1n) is 3.35. The number of ether oxygens (including phenoxy) is 1. The molecule has 0 aliphatic rings. The second-order valence-corrected chi connectivity index (χ2v) is 2.83. The molecule has 0 amide bonds. The maximum Gasteiger partial charge on any atom is 0.314 e. The summed E-state index contributed by atoms with van der Waals surface area (Å²) in [6.45, 7) is 2.90. The number of carboxylic acid groups (broad SMARTS) is 1. The smallest absolute Gasteiger partial charge is 0.314 e. The van der Waals surface area contributed by atoms with Gasteiger partial charge >= 0.3 is 5.97 Å². The predicted molar refractivity (Wildman–Crippen MR) is 39.3 cm³/mol. The topological polar surface area (TPSA) is 66.8 Å². The minimum Gasteiger partial charge on any atom is -0.481 e. The van der Waals surface area contributed by atoms with E-state index in [9.17, 15) is 4.79 Å². The molecule has 0 aliphatic heterocycles. The minimum absolute atomic E-state index is 0.0139. The molecule has 0 heterocycles. The summed E-state index contributed by atoms with van der Waals surface area (Å²) in [6, 6.07) is 0. The molecule has 0 aromatic heterocycles. The van der Waals surface area contributed by atoms with Crippen LogP contribution in [0.3, 0.4) is 0 Å². The summed E-state index contributed by atoms with van der Waals surface area (Å²) in [7, 11) is 1.41. The molecule has 4 heteroatoms. The fraction of sp³-hybridized carbons (Fsp3) is 0.857. The van der Waals surface area contributed by atoms with Gasteiger partial charge in [0.2, 0.25) is 0 Å².